The number of aliphatic hydroxyl groups excluding tert-OH is 1. The lowest BCUT2D eigenvalue weighted by Gasteiger charge is -1.98. The lowest BCUT2D eigenvalue weighted by Crippen LogP contribution is -2.19. The van der Waals surface area contributed by atoms with Gasteiger partial charge in [-0.3, -0.25) is 0 Å². The summed E-state index contributed by atoms with van der Waals surface area (Å²) in [6.07, 6.45) is -0.709. The van der Waals surface area contributed by atoms with E-state index < -0.39 is 6.09 Å². The van der Waals surface area contributed by atoms with E-state index in [1.165, 1.54) is 0 Å². The number of ether oxygens (including phenoxy) is 1. The van der Waals surface area contributed by atoms with Crippen molar-refractivity contribution in [3.63, 3.8) is 0 Å². The first-order chi connectivity index (χ1) is 4.31. The number of aliphatic hydroxyl groups is 1. The molecule has 0 rings (SSSR count). The molecule has 2 N–H and O–H groups in total. The summed E-state index contributed by atoms with van der Waals surface area (Å²) >= 11 is 0. The summed E-state index contributed by atoms with van der Waals surface area (Å²) < 4.78 is 4.30. The van der Waals surface area contributed by atoms with Crippen LogP contribution in [0, 0.1) is 0 Å². The van der Waals surface area contributed by atoms with Crippen molar-refractivity contribution in [3.05, 3.63) is 0 Å². The minimum atomic E-state index is -0.709. The molecule has 0 saturated carbocycles. The van der Waals surface area contributed by atoms with Gasteiger partial charge in [0.15, 0.2) is 0 Å². The predicted octanol–water partition coefficient (Wildman–Crippen LogP) is -0.679. The maximum atomic E-state index is 10.2. The van der Waals surface area contributed by atoms with Crippen molar-refractivity contribution in [2.24, 2.45) is 5.10 Å². The van der Waals surface area contributed by atoms with E-state index in [9.17, 15) is 4.79 Å². The fraction of sp³-hybridized carbons (Fsp3) is 0.500. The van der Waals surface area contributed by atoms with Crippen molar-refractivity contribution in [1.82, 2.24) is 5.43 Å². The molecule has 0 unspecified atom stereocenters. The third-order valence-corrected chi connectivity index (χ3v) is 0.495. The highest BCUT2D eigenvalue weighted by atomic mass is 16.6. The van der Waals surface area contributed by atoms with E-state index in [1.54, 1.807) is 0 Å². The molecule has 0 aromatic rings. The van der Waals surface area contributed by atoms with Crippen LogP contribution >= 0.6 is 0 Å². The van der Waals surface area contributed by atoms with Crippen LogP contribution in [-0.4, -0.2) is 31.1 Å². The Labute approximate surface area is 52.3 Å². The molecule has 0 aromatic carbocycles. The van der Waals surface area contributed by atoms with Gasteiger partial charge in [0.2, 0.25) is 0 Å². The van der Waals surface area contributed by atoms with Gasteiger partial charge in [-0.15, -0.1) is 0 Å². The second kappa shape index (κ2) is 5.04. The zero-order valence-electron chi connectivity index (χ0n) is 4.83. The van der Waals surface area contributed by atoms with Gasteiger partial charge in [-0.2, -0.15) is 5.10 Å². The number of hydrogen-bond donors (Lipinski definition) is 2. The average Bonchev–Trinajstić information content (AvgIpc) is 1.85. The first kappa shape index (κ1) is 7.90. The quantitative estimate of drug-likeness (QED) is 0.395. The number of nitrogens with zero attached hydrogens (tertiary/aromatic N) is 1. The first-order valence-electron chi connectivity index (χ1n) is 2.30. The predicted molar refractivity (Wildman–Crippen MR) is 31.1 cm³/mol. The number of hydrazone groups is 1. The molecule has 0 fully saturated rings. The van der Waals surface area contributed by atoms with E-state index in [2.05, 4.69) is 16.6 Å². The molecule has 0 bridgehead atoms. The van der Waals surface area contributed by atoms with Gasteiger partial charge in [0.25, 0.3) is 0 Å². The van der Waals surface area contributed by atoms with Gasteiger partial charge in [0, 0.05) is 6.72 Å². The van der Waals surface area contributed by atoms with Crippen molar-refractivity contribution in [3.8, 4) is 0 Å². The summed E-state index contributed by atoms with van der Waals surface area (Å²) in [6, 6.07) is 0. The molecule has 0 radical (unpaired) electrons. The van der Waals surface area contributed by atoms with E-state index in [0.717, 1.165) is 0 Å². The van der Waals surface area contributed by atoms with Crippen molar-refractivity contribution in [2.75, 3.05) is 13.2 Å². The molecule has 1 amide bonds. The summed E-state index contributed by atoms with van der Waals surface area (Å²) in [5.41, 5.74) is 1.92. The largest absolute Gasteiger partial charge is 0.446 e. The second-order valence-electron chi connectivity index (χ2n) is 1.13. The normalized spacial score (nSPS) is 8.11. The van der Waals surface area contributed by atoms with Crippen molar-refractivity contribution in [1.29, 1.82) is 0 Å². The SMILES string of the molecule is C=NNC(=O)OCCO. The van der Waals surface area contributed by atoms with Crippen LogP contribution in [0.3, 0.4) is 0 Å². The van der Waals surface area contributed by atoms with Gasteiger partial charge in [-0.05, 0) is 0 Å². The van der Waals surface area contributed by atoms with Gasteiger partial charge < -0.3 is 9.84 Å². The molecule has 0 aliphatic heterocycles. The Hall–Kier alpha value is -1.10. The van der Waals surface area contributed by atoms with Crippen LogP contribution in [0.5, 0.6) is 0 Å². The molecule has 0 atom stereocenters. The molecular weight excluding hydrogens is 124 g/mol. The molecule has 0 spiro atoms. The molecule has 5 heteroatoms. The Morgan fingerprint density at radius 1 is 1.89 bits per heavy atom. The zero-order valence-corrected chi connectivity index (χ0v) is 4.83. The summed E-state index contributed by atoms with van der Waals surface area (Å²) in [7, 11) is 0. The van der Waals surface area contributed by atoms with E-state index in [4.69, 9.17) is 5.11 Å². The number of carbonyl (C=O) groups excluding carboxylic acids is 1. The lowest BCUT2D eigenvalue weighted by molar-refractivity contribution is 0.119. The molecule has 0 aromatic heterocycles. The van der Waals surface area contributed by atoms with E-state index in [-0.39, 0.29) is 13.2 Å². The number of amides is 1. The number of hydrogen-bond acceptors (Lipinski definition) is 4. The highest BCUT2D eigenvalue weighted by Gasteiger charge is 1.95. The Morgan fingerprint density at radius 3 is 3.00 bits per heavy atom. The van der Waals surface area contributed by atoms with Crippen LogP contribution in [0.25, 0.3) is 0 Å². The Kier molecular flexibility index (Phi) is 4.43. The monoisotopic (exact) mass is 132 g/mol. The smallest absolute Gasteiger partial charge is 0.427 e. The molecule has 5 nitrogen and oxygen atoms in total. The topological polar surface area (TPSA) is 70.9 Å². The van der Waals surface area contributed by atoms with Crippen LogP contribution in [-0.2, 0) is 4.74 Å². The average molecular weight is 132 g/mol. The second-order valence-corrected chi connectivity index (χ2v) is 1.13. The van der Waals surface area contributed by atoms with Crippen molar-refractivity contribution in [2.45, 2.75) is 0 Å². The first-order valence-corrected chi connectivity index (χ1v) is 2.30. The molecule has 0 aliphatic carbocycles. The summed E-state index contributed by atoms with van der Waals surface area (Å²) in [5, 5.41) is 11.2. The Balaban J connectivity index is 3.16. The van der Waals surface area contributed by atoms with Crippen LogP contribution in [0.15, 0.2) is 5.10 Å². The van der Waals surface area contributed by atoms with E-state index in [0.29, 0.717) is 0 Å². The van der Waals surface area contributed by atoms with Gasteiger partial charge in [-0.1, -0.05) is 0 Å². The fourth-order valence-corrected chi connectivity index (χ4v) is 0.235. The van der Waals surface area contributed by atoms with Gasteiger partial charge in [0.1, 0.15) is 6.61 Å². The maximum absolute atomic E-state index is 10.2. The number of nitrogens with one attached hydrogen (secondary N) is 1. The molecular formula is C4H8N2O3. The number of carbonyl (C=O) groups is 1. The minimum absolute atomic E-state index is 0.0264. The molecule has 52 valence electrons. The van der Waals surface area contributed by atoms with Crippen LogP contribution < -0.4 is 5.43 Å². The highest BCUT2D eigenvalue weighted by molar-refractivity contribution is 5.67. The van der Waals surface area contributed by atoms with Crippen LogP contribution in [0.4, 0.5) is 4.79 Å². The van der Waals surface area contributed by atoms with E-state index >= 15 is 0 Å². The van der Waals surface area contributed by atoms with Crippen LogP contribution in [0.1, 0.15) is 0 Å². The molecule has 0 heterocycles. The van der Waals surface area contributed by atoms with Gasteiger partial charge in [-0.25, -0.2) is 10.2 Å². The molecule has 9 heavy (non-hydrogen) atoms. The molecule has 0 saturated heterocycles. The fourth-order valence-electron chi connectivity index (χ4n) is 0.235. The highest BCUT2D eigenvalue weighted by Crippen LogP contribution is 1.73. The Bertz CT molecular complexity index is 104. The lowest BCUT2D eigenvalue weighted by atomic mass is 10.8. The zero-order chi connectivity index (χ0) is 7.11. The minimum Gasteiger partial charge on any atom is -0.446 e. The van der Waals surface area contributed by atoms with Gasteiger partial charge >= 0.3 is 6.09 Å². The Morgan fingerprint density at radius 2 is 2.56 bits per heavy atom. The van der Waals surface area contributed by atoms with Gasteiger partial charge in [0.05, 0.1) is 6.61 Å². The van der Waals surface area contributed by atoms with Crippen molar-refractivity contribution >= 4 is 12.8 Å². The van der Waals surface area contributed by atoms with E-state index in [1.807, 2.05) is 5.43 Å². The third kappa shape index (κ3) is 4.76. The third-order valence-electron chi connectivity index (χ3n) is 0.495. The summed E-state index contributed by atoms with van der Waals surface area (Å²) in [5.74, 6) is 0. The molecule has 0 aliphatic rings. The number of rotatable bonds is 3. The van der Waals surface area contributed by atoms with Crippen molar-refractivity contribution < 1.29 is 14.6 Å². The summed E-state index contributed by atoms with van der Waals surface area (Å²) in [4.78, 5) is 10.2. The summed E-state index contributed by atoms with van der Waals surface area (Å²) in [6.45, 7) is 2.77. The standard InChI is InChI=1S/C4H8N2O3/c1-5-6-4(8)9-3-2-7/h7H,1-3H2,(H,6,8). The van der Waals surface area contributed by atoms with Crippen LogP contribution in [0.2, 0.25) is 0 Å². The maximum Gasteiger partial charge on any atom is 0.427 e.